The number of nitrogens with zero attached hydrogens (tertiary/aromatic N) is 3. The van der Waals surface area contributed by atoms with E-state index in [4.69, 9.17) is 23.2 Å². The molecule has 0 fully saturated rings. The average molecular weight is 227 g/mol. The Morgan fingerprint density at radius 2 is 2.14 bits per heavy atom. The molecule has 1 aromatic heterocycles. The lowest BCUT2D eigenvalue weighted by Gasteiger charge is -1.99. The van der Waals surface area contributed by atoms with Gasteiger partial charge in [-0.05, 0) is 18.2 Å². The summed E-state index contributed by atoms with van der Waals surface area (Å²) in [6, 6.07) is 5.20. The van der Waals surface area contributed by atoms with Gasteiger partial charge >= 0.3 is 0 Å². The monoisotopic (exact) mass is 226 g/mol. The Morgan fingerprint density at radius 3 is 2.71 bits per heavy atom. The standard InChI is InChI=1S/C9H6Cl2N3/c1-14-5-12-9(13-14)7-3-2-6(10)4-8(7)11/h2-4H,1H3. The second kappa shape index (κ2) is 3.59. The molecular weight excluding hydrogens is 221 g/mol. The normalized spacial score (nSPS) is 10.5. The molecule has 1 aromatic carbocycles. The van der Waals surface area contributed by atoms with Crippen LogP contribution in [0.25, 0.3) is 11.4 Å². The van der Waals surface area contributed by atoms with Gasteiger partial charge in [0.2, 0.25) is 0 Å². The molecule has 0 amide bonds. The molecule has 2 rings (SSSR count). The summed E-state index contributed by atoms with van der Waals surface area (Å²) < 4.78 is 1.50. The number of benzene rings is 1. The van der Waals surface area contributed by atoms with Crippen molar-refractivity contribution in [2.24, 2.45) is 7.05 Å². The van der Waals surface area contributed by atoms with E-state index in [1.165, 1.54) is 4.68 Å². The van der Waals surface area contributed by atoms with Crippen molar-refractivity contribution in [1.82, 2.24) is 14.8 Å². The van der Waals surface area contributed by atoms with Crippen LogP contribution in [0.4, 0.5) is 0 Å². The van der Waals surface area contributed by atoms with Gasteiger partial charge in [-0.3, -0.25) is 0 Å². The van der Waals surface area contributed by atoms with Crippen LogP contribution in [0.5, 0.6) is 0 Å². The van der Waals surface area contributed by atoms with Gasteiger partial charge in [0.1, 0.15) is 0 Å². The van der Waals surface area contributed by atoms with Crippen molar-refractivity contribution in [3.63, 3.8) is 0 Å². The molecule has 1 heterocycles. The molecule has 0 saturated heterocycles. The Bertz CT molecular complexity index is 465. The van der Waals surface area contributed by atoms with E-state index in [0.29, 0.717) is 15.9 Å². The van der Waals surface area contributed by atoms with E-state index in [1.54, 1.807) is 25.2 Å². The van der Waals surface area contributed by atoms with E-state index in [1.807, 2.05) is 0 Å². The van der Waals surface area contributed by atoms with Gasteiger partial charge < -0.3 is 0 Å². The number of hydrogen-bond donors (Lipinski definition) is 0. The van der Waals surface area contributed by atoms with E-state index < -0.39 is 0 Å². The molecule has 0 bridgehead atoms. The van der Waals surface area contributed by atoms with Crippen LogP contribution < -0.4 is 0 Å². The summed E-state index contributed by atoms with van der Waals surface area (Å²) in [7, 11) is 1.75. The van der Waals surface area contributed by atoms with Gasteiger partial charge in [0, 0.05) is 17.6 Å². The fraction of sp³-hybridized carbons (Fsp3) is 0.111. The van der Waals surface area contributed by atoms with Crippen LogP contribution in [0.15, 0.2) is 18.2 Å². The molecule has 0 aliphatic carbocycles. The third kappa shape index (κ3) is 1.74. The largest absolute Gasteiger partial charge is 0.246 e. The van der Waals surface area contributed by atoms with E-state index in [0.717, 1.165) is 5.56 Å². The highest BCUT2D eigenvalue weighted by molar-refractivity contribution is 6.36. The fourth-order valence-electron chi connectivity index (χ4n) is 1.09. The van der Waals surface area contributed by atoms with Crippen LogP contribution in [0.3, 0.4) is 0 Å². The van der Waals surface area contributed by atoms with Crippen molar-refractivity contribution >= 4 is 23.2 Å². The second-order valence-corrected chi connectivity index (χ2v) is 3.63. The lowest BCUT2D eigenvalue weighted by atomic mass is 10.2. The Morgan fingerprint density at radius 1 is 1.36 bits per heavy atom. The first kappa shape index (κ1) is 9.49. The maximum absolute atomic E-state index is 5.99. The first-order chi connectivity index (χ1) is 6.66. The summed E-state index contributed by atoms with van der Waals surface area (Å²) in [5.41, 5.74) is 0.757. The Balaban J connectivity index is 2.52. The smallest absolute Gasteiger partial charge is 0.196 e. The summed E-state index contributed by atoms with van der Waals surface area (Å²) in [4.78, 5) is 3.98. The molecule has 0 aliphatic heterocycles. The molecule has 1 radical (unpaired) electrons. The predicted octanol–water partition coefficient (Wildman–Crippen LogP) is 2.59. The van der Waals surface area contributed by atoms with Gasteiger partial charge in [-0.15, -0.1) is 0 Å². The molecule has 14 heavy (non-hydrogen) atoms. The van der Waals surface area contributed by atoms with Gasteiger partial charge in [-0.1, -0.05) is 23.2 Å². The number of aryl methyl sites for hydroxylation is 1. The van der Waals surface area contributed by atoms with E-state index in [2.05, 4.69) is 16.4 Å². The quantitative estimate of drug-likeness (QED) is 0.749. The minimum absolute atomic E-state index is 0.539. The van der Waals surface area contributed by atoms with Gasteiger partial charge in [0.15, 0.2) is 12.2 Å². The first-order valence-corrected chi connectivity index (χ1v) is 4.66. The zero-order valence-electron chi connectivity index (χ0n) is 7.33. The number of hydrogen-bond acceptors (Lipinski definition) is 2. The molecule has 2 aromatic rings. The molecule has 0 N–H and O–H groups in total. The molecule has 0 unspecified atom stereocenters. The highest BCUT2D eigenvalue weighted by Crippen LogP contribution is 2.27. The van der Waals surface area contributed by atoms with Crippen molar-refractivity contribution in [3.05, 3.63) is 34.6 Å². The Kier molecular flexibility index (Phi) is 2.44. The average Bonchev–Trinajstić information content (AvgIpc) is 2.51. The molecule has 0 spiro atoms. The van der Waals surface area contributed by atoms with E-state index >= 15 is 0 Å². The minimum atomic E-state index is 0.539. The molecule has 5 heteroatoms. The molecule has 3 nitrogen and oxygen atoms in total. The zero-order chi connectivity index (χ0) is 10.1. The van der Waals surface area contributed by atoms with Crippen molar-refractivity contribution in [1.29, 1.82) is 0 Å². The number of rotatable bonds is 1. The molecule has 0 aliphatic rings. The second-order valence-electron chi connectivity index (χ2n) is 2.78. The van der Waals surface area contributed by atoms with Crippen molar-refractivity contribution in [2.45, 2.75) is 0 Å². The van der Waals surface area contributed by atoms with Crippen molar-refractivity contribution < 1.29 is 0 Å². The SMILES string of the molecule is Cn1[c]nc(-c2ccc(Cl)cc2Cl)n1. The molecule has 71 valence electrons. The highest BCUT2D eigenvalue weighted by atomic mass is 35.5. The topological polar surface area (TPSA) is 30.7 Å². The summed E-state index contributed by atoms with van der Waals surface area (Å²) in [5.74, 6) is 0.550. The lowest BCUT2D eigenvalue weighted by Crippen LogP contribution is -1.88. The maximum atomic E-state index is 5.99. The van der Waals surface area contributed by atoms with E-state index in [-0.39, 0.29) is 0 Å². The Hall–Kier alpha value is -1.06. The first-order valence-electron chi connectivity index (χ1n) is 3.91. The fourth-order valence-corrected chi connectivity index (χ4v) is 1.58. The summed E-state index contributed by atoms with van der Waals surface area (Å²) in [6.07, 6.45) is 2.67. The molecule has 0 saturated carbocycles. The maximum Gasteiger partial charge on any atom is 0.196 e. The van der Waals surface area contributed by atoms with Gasteiger partial charge in [0.25, 0.3) is 0 Å². The number of halogens is 2. The number of aromatic nitrogens is 3. The van der Waals surface area contributed by atoms with Gasteiger partial charge in [-0.25, -0.2) is 9.67 Å². The summed E-state index contributed by atoms with van der Waals surface area (Å²) in [5, 5.41) is 5.23. The third-order valence-electron chi connectivity index (χ3n) is 1.72. The van der Waals surface area contributed by atoms with Gasteiger partial charge in [-0.2, -0.15) is 5.10 Å². The highest BCUT2D eigenvalue weighted by Gasteiger charge is 2.07. The van der Waals surface area contributed by atoms with E-state index in [9.17, 15) is 0 Å². The molecule has 0 atom stereocenters. The lowest BCUT2D eigenvalue weighted by molar-refractivity contribution is 0.761. The van der Waals surface area contributed by atoms with Crippen LogP contribution >= 0.6 is 23.2 Å². The predicted molar refractivity (Wildman–Crippen MR) is 55.3 cm³/mol. The van der Waals surface area contributed by atoms with Crippen LogP contribution in [0.1, 0.15) is 0 Å². The minimum Gasteiger partial charge on any atom is -0.246 e. The molecular formula is C9H6Cl2N3. The summed E-state index contributed by atoms with van der Waals surface area (Å²) >= 11 is 11.8. The van der Waals surface area contributed by atoms with Crippen LogP contribution in [-0.4, -0.2) is 14.8 Å². The van der Waals surface area contributed by atoms with Crippen molar-refractivity contribution in [3.8, 4) is 11.4 Å². The summed E-state index contributed by atoms with van der Waals surface area (Å²) in [6.45, 7) is 0. The van der Waals surface area contributed by atoms with Crippen molar-refractivity contribution in [2.75, 3.05) is 0 Å². The van der Waals surface area contributed by atoms with Crippen LogP contribution in [-0.2, 0) is 7.05 Å². The Labute approximate surface area is 91.3 Å². The zero-order valence-corrected chi connectivity index (χ0v) is 8.84. The van der Waals surface area contributed by atoms with Crippen LogP contribution in [0, 0.1) is 6.33 Å². The van der Waals surface area contributed by atoms with Crippen LogP contribution in [0.2, 0.25) is 10.0 Å². The van der Waals surface area contributed by atoms with Gasteiger partial charge in [0.05, 0.1) is 5.02 Å². The third-order valence-corrected chi connectivity index (χ3v) is 2.27.